The van der Waals surface area contributed by atoms with Crippen LogP contribution in [-0.4, -0.2) is 30.5 Å². The third-order valence-electron chi connectivity index (χ3n) is 4.59. The van der Waals surface area contributed by atoms with E-state index in [1.165, 1.54) is 36.5 Å². The molecule has 3 heterocycles. The van der Waals surface area contributed by atoms with Gasteiger partial charge in [-0.2, -0.15) is 23.4 Å². The Labute approximate surface area is 185 Å². The molecule has 0 aliphatic carbocycles. The minimum absolute atomic E-state index is 0.122. The standard InChI is InChI=1S/C21H16ClF3N6O/c1-12-9-13(2)30(29-12)18-8-5-15(10-26-18)28-20(32)17-11-27-31(19(17)21(23,24)25)16-6-3-14(22)4-7-16/h3-11H,1-2H3,(H,28,32). The van der Waals surface area contributed by atoms with Gasteiger partial charge in [0.05, 0.1) is 35.0 Å². The minimum Gasteiger partial charge on any atom is -0.320 e. The van der Waals surface area contributed by atoms with Crippen molar-refractivity contribution in [2.45, 2.75) is 20.0 Å². The SMILES string of the molecule is Cc1cc(C)n(-c2ccc(NC(=O)c3cnn(-c4ccc(Cl)cc4)c3C(F)(F)F)cn2)n1. The minimum atomic E-state index is -4.82. The summed E-state index contributed by atoms with van der Waals surface area (Å²) in [5.41, 5.74) is 0.235. The number of anilines is 1. The molecule has 11 heteroatoms. The van der Waals surface area contributed by atoms with Crippen LogP contribution in [0.1, 0.15) is 27.4 Å². The fourth-order valence-electron chi connectivity index (χ4n) is 3.21. The van der Waals surface area contributed by atoms with Crippen LogP contribution in [0.2, 0.25) is 5.02 Å². The molecule has 0 aliphatic heterocycles. The Hall–Kier alpha value is -3.66. The van der Waals surface area contributed by atoms with Crippen LogP contribution < -0.4 is 5.32 Å². The fraction of sp³-hybridized carbons (Fsp3) is 0.143. The number of benzene rings is 1. The first kappa shape index (κ1) is 21.6. The van der Waals surface area contributed by atoms with Crippen molar-refractivity contribution < 1.29 is 18.0 Å². The second-order valence-corrected chi connectivity index (χ2v) is 7.43. The average Bonchev–Trinajstić information content (AvgIpc) is 3.32. The molecule has 164 valence electrons. The van der Waals surface area contributed by atoms with Crippen LogP contribution in [0.4, 0.5) is 18.9 Å². The summed E-state index contributed by atoms with van der Waals surface area (Å²) in [4.78, 5) is 16.9. The highest BCUT2D eigenvalue weighted by molar-refractivity contribution is 6.30. The molecular formula is C21H16ClF3N6O. The first-order valence-corrected chi connectivity index (χ1v) is 9.73. The van der Waals surface area contributed by atoms with E-state index in [9.17, 15) is 18.0 Å². The lowest BCUT2D eigenvalue weighted by Gasteiger charge is -2.13. The Morgan fingerprint density at radius 2 is 1.75 bits per heavy atom. The predicted octanol–water partition coefficient (Wildman–Crippen LogP) is 4.99. The highest BCUT2D eigenvalue weighted by Gasteiger charge is 2.40. The normalized spacial score (nSPS) is 11.6. The molecule has 4 rings (SSSR count). The first-order valence-electron chi connectivity index (χ1n) is 9.35. The van der Waals surface area contributed by atoms with Gasteiger partial charge >= 0.3 is 6.18 Å². The Kier molecular flexibility index (Phi) is 5.47. The zero-order chi connectivity index (χ0) is 23.0. The summed E-state index contributed by atoms with van der Waals surface area (Å²) in [7, 11) is 0. The van der Waals surface area contributed by atoms with Crippen LogP contribution in [0.25, 0.3) is 11.5 Å². The molecule has 0 bridgehead atoms. The van der Waals surface area contributed by atoms with Gasteiger partial charge in [0.2, 0.25) is 0 Å². The van der Waals surface area contributed by atoms with E-state index in [4.69, 9.17) is 11.6 Å². The molecule has 4 aromatic rings. The monoisotopic (exact) mass is 460 g/mol. The molecule has 0 saturated heterocycles. The number of halogens is 4. The molecule has 0 radical (unpaired) electrons. The number of aryl methyl sites for hydroxylation is 2. The van der Waals surface area contributed by atoms with Gasteiger partial charge in [-0.15, -0.1) is 0 Å². The summed E-state index contributed by atoms with van der Waals surface area (Å²) >= 11 is 5.81. The second kappa shape index (κ2) is 8.12. The lowest BCUT2D eigenvalue weighted by Crippen LogP contribution is -2.20. The summed E-state index contributed by atoms with van der Waals surface area (Å²) in [5, 5.41) is 10.9. The Balaban J connectivity index is 1.62. The number of carbonyl (C=O) groups is 1. The molecule has 0 spiro atoms. The molecule has 0 saturated carbocycles. The van der Waals surface area contributed by atoms with Gasteiger partial charge in [-0.05, 0) is 56.3 Å². The molecule has 0 atom stereocenters. The summed E-state index contributed by atoms with van der Waals surface area (Å²) in [6.07, 6.45) is -2.59. The van der Waals surface area contributed by atoms with E-state index in [0.29, 0.717) is 15.5 Å². The van der Waals surface area contributed by atoms with Gasteiger partial charge in [-0.3, -0.25) is 4.79 Å². The van der Waals surface area contributed by atoms with E-state index in [0.717, 1.165) is 17.6 Å². The van der Waals surface area contributed by atoms with Gasteiger partial charge < -0.3 is 5.32 Å². The van der Waals surface area contributed by atoms with Crippen molar-refractivity contribution >= 4 is 23.2 Å². The number of nitrogens with zero attached hydrogens (tertiary/aromatic N) is 5. The number of amides is 1. The molecule has 1 amide bonds. The number of pyridine rings is 1. The lowest BCUT2D eigenvalue weighted by molar-refractivity contribution is -0.143. The number of nitrogens with one attached hydrogen (secondary N) is 1. The molecule has 0 aliphatic rings. The Morgan fingerprint density at radius 3 is 2.31 bits per heavy atom. The summed E-state index contributed by atoms with van der Waals surface area (Å²) < 4.78 is 43.7. The third-order valence-corrected chi connectivity index (χ3v) is 4.84. The molecule has 1 aromatic carbocycles. The highest BCUT2D eigenvalue weighted by atomic mass is 35.5. The molecule has 0 unspecified atom stereocenters. The van der Waals surface area contributed by atoms with Gasteiger partial charge in [-0.25, -0.2) is 14.3 Å². The van der Waals surface area contributed by atoms with Crippen LogP contribution in [0.3, 0.4) is 0 Å². The summed E-state index contributed by atoms with van der Waals surface area (Å²) in [6, 6.07) is 10.7. The van der Waals surface area contributed by atoms with Crippen molar-refractivity contribution in [1.29, 1.82) is 0 Å². The predicted molar refractivity (Wildman–Crippen MR) is 112 cm³/mol. The number of aromatic nitrogens is 5. The van der Waals surface area contributed by atoms with Crippen molar-refractivity contribution in [3.8, 4) is 11.5 Å². The van der Waals surface area contributed by atoms with Gasteiger partial charge in [0.25, 0.3) is 5.91 Å². The topological polar surface area (TPSA) is 77.6 Å². The molecule has 7 nitrogen and oxygen atoms in total. The quantitative estimate of drug-likeness (QED) is 0.465. The second-order valence-electron chi connectivity index (χ2n) is 6.99. The van der Waals surface area contributed by atoms with Crippen LogP contribution in [0.15, 0.2) is 54.9 Å². The maximum atomic E-state index is 13.8. The number of alkyl halides is 3. The van der Waals surface area contributed by atoms with Gasteiger partial charge in [0.1, 0.15) is 0 Å². The highest BCUT2D eigenvalue weighted by Crippen LogP contribution is 2.34. The van der Waals surface area contributed by atoms with Crippen LogP contribution in [0, 0.1) is 13.8 Å². The maximum absolute atomic E-state index is 13.8. The van der Waals surface area contributed by atoms with Crippen LogP contribution in [-0.2, 0) is 6.18 Å². The molecular weight excluding hydrogens is 445 g/mol. The van der Waals surface area contributed by atoms with Crippen LogP contribution >= 0.6 is 11.6 Å². The van der Waals surface area contributed by atoms with Gasteiger partial charge in [-0.1, -0.05) is 11.6 Å². The first-order chi connectivity index (χ1) is 15.1. The number of hydrogen-bond donors (Lipinski definition) is 1. The number of hydrogen-bond acceptors (Lipinski definition) is 4. The van der Waals surface area contributed by atoms with E-state index in [2.05, 4.69) is 20.5 Å². The third kappa shape index (κ3) is 4.22. The Morgan fingerprint density at radius 1 is 1.03 bits per heavy atom. The molecule has 32 heavy (non-hydrogen) atoms. The van der Waals surface area contributed by atoms with Crippen LogP contribution in [0.5, 0.6) is 0 Å². The zero-order valence-electron chi connectivity index (χ0n) is 16.9. The maximum Gasteiger partial charge on any atom is 0.434 e. The molecule has 3 aromatic heterocycles. The zero-order valence-corrected chi connectivity index (χ0v) is 17.6. The summed E-state index contributed by atoms with van der Waals surface area (Å²) in [5.74, 6) is -0.446. The van der Waals surface area contributed by atoms with E-state index in [1.807, 2.05) is 19.9 Å². The van der Waals surface area contributed by atoms with Crippen molar-refractivity contribution in [3.05, 3.63) is 82.5 Å². The van der Waals surface area contributed by atoms with Gasteiger partial charge in [0, 0.05) is 10.7 Å². The molecule has 1 N–H and O–H groups in total. The average molecular weight is 461 g/mol. The van der Waals surface area contributed by atoms with E-state index in [1.54, 1.807) is 10.7 Å². The smallest absolute Gasteiger partial charge is 0.320 e. The molecule has 0 fully saturated rings. The largest absolute Gasteiger partial charge is 0.434 e. The van der Waals surface area contributed by atoms with Crippen molar-refractivity contribution in [3.63, 3.8) is 0 Å². The number of carbonyl (C=O) groups excluding carboxylic acids is 1. The van der Waals surface area contributed by atoms with Gasteiger partial charge in [0.15, 0.2) is 11.5 Å². The Bertz CT molecular complexity index is 1280. The van der Waals surface area contributed by atoms with E-state index in [-0.39, 0.29) is 11.4 Å². The lowest BCUT2D eigenvalue weighted by atomic mass is 10.2. The van der Waals surface area contributed by atoms with Crippen molar-refractivity contribution in [1.82, 2.24) is 24.5 Å². The van der Waals surface area contributed by atoms with Crippen molar-refractivity contribution in [2.24, 2.45) is 0 Å². The van der Waals surface area contributed by atoms with E-state index < -0.39 is 23.3 Å². The van der Waals surface area contributed by atoms with E-state index >= 15 is 0 Å². The van der Waals surface area contributed by atoms with Crippen molar-refractivity contribution in [2.75, 3.05) is 5.32 Å². The fourth-order valence-corrected chi connectivity index (χ4v) is 3.34. The number of rotatable bonds is 4. The summed E-state index contributed by atoms with van der Waals surface area (Å²) in [6.45, 7) is 3.72.